The van der Waals surface area contributed by atoms with E-state index < -0.39 is 46.8 Å². The lowest BCUT2D eigenvalue weighted by Crippen LogP contribution is -2.49. The van der Waals surface area contributed by atoms with Gasteiger partial charge in [0.1, 0.15) is 17.0 Å². The molecule has 3 fully saturated rings. The molecule has 3 aromatic heterocycles. The van der Waals surface area contributed by atoms with Crippen LogP contribution in [0.1, 0.15) is 36.8 Å². The van der Waals surface area contributed by atoms with Crippen LogP contribution >= 0.6 is 22.9 Å². The van der Waals surface area contributed by atoms with Crippen molar-refractivity contribution in [3.63, 3.8) is 0 Å². The largest absolute Gasteiger partial charge is 0.502 e. The van der Waals surface area contributed by atoms with Crippen LogP contribution in [0.4, 0.5) is 11.5 Å². The summed E-state index contributed by atoms with van der Waals surface area (Å²) in [5, 5.41) is 17.5. The van der Waals surface area contributed by atoms with Crippen molar-refractivity contribution in [2.75, 3.05) is 24.0 Å². The number of rotatable bonds is 7. The number of nitrogens with zero attached hydrogens (tertiary/aromatic N) is 5. The van der Waals surface area contributed by atoms with Gasteiger partial charge in [-0.15, -0.1) is 11.3 Å². The Morgan fingerprint density at radius 1 is 0.891 bits per heavy atom. The van der Waals surface area contributed by atoms with Gasteiger partial charge in [-0.3, -0.25) is 28.8 Å². The number of hydrogen-bond donors (Lipinski definition) is 1. The van der Waals surface area contributed by atoms with E-state index in [-0.39, 0.29) is 41.9 Å². The number of aryl methyl sites for hydroxylation is 2. The van der Waals surface area contributed by atoms with Crippen LogP contribution in [-0.4, -0.2) is 57.7 Å². The molecule has 2 aliphatic heterocycles. The standard InChI is InChI=1S/C49H40ClN5O8S/c1-23-30-20-26(50)12-17-38(30)64-43(23)34-22-39(53(3)52-34)55-46(58)32-21-31-28(41(49(32,2)48(55)60)25-18-36(61-4)42(56)37(19-25)62-5)15-16-29-40(31)47(59)54(45(29)57)27-13-10-24(11-14-27)44-51-33-8-6-7-9-35(33)63-44/h6-15,17-20,22,29,31-32,40-41,56H,16,21H2,1-5H3/t29-,31+,32-,40-,41-,49+/m0/s1. The molecule has 11 rings (SSSR count). The number of hydrogen-bond acceptors (Lipinski definition) is 11. The third-order valence-corrected chi connectivity index (χ3v) is 15.5. The van der Waals surface area contributed by atoms with Crippen LogP contribution in [-0.2, 0) is 26.2 Å². The third kappa shape index (κ3) is 5.61. The van der Waals surface area contributed by atoms with E-state index in [2.05, 4.69) is 4.98 Å². The Morgan fingerprint density at radius 2 is 1.62 bits per heavy atom. The van der Waals surface area contributed by atoms with E-state index in [9.17, 15) is 14.7 Å². The number of para-hydroxylation sites is 2. The van der Waals surface area contributed by atoms with E-state index in [1.54, 1.807) is 72.5 Å². The number of aromatic hydroxyl groups is 1. The van der Waals surface area contributed by atoms with Gasteiger partial charge in [0.2, 0.25) is 35.3 Å². The molecule has 15 heteroatoms. The molecule has 1 N–H and O–H groups in total. The number of phenols is 1. The lowest BCUT2D eigenvalue weighted by atomic mass is 9.51. The number of fused-ring (bicyclic) bond motifs is 6. The van der Waals surface area contributed by atoms with Crippen molar-refractivity contribution >= 4 is 79.3 Å². The second-order valence-corrected chi connectivity index (χ2v) is 18.7. The predicted octanol–water partition coefficient (Wildman–Crippen LogP) is 9.23. The Kier molecular flexibility index (Phi) is 8.99. The molecule has 1 saturated carbocycles. The number of benzene rings is 4. The Labute approximate surface area is 375 Å². The second-order valence-electron chi connectivity index (χ2n) is 17.2. The molecule has 7 aromatic rings. The van der Waals surface area contributed by atoms with Crippen molar-refractivity contribution in [2.24, 2.45) is 36.1 Å². The summed E-state index contributed by atoms with van der Waals surface area (Å²) in [4.78, 5) is 67.8. The van der Waals surface area contributed by atoms with Crippen molar-refractivity contribution in [2.45, 2.75) is 32.6 Å². The number of carbonyl (C=O) groups is 4. The number of phenolic OH excluding ortho intramolecular Hbond substituents is 1. The molecule has 322 valence electrons. The van der Waals surface area contributed by atoms with E-state index in [0.29, 0.717) is 50.3 Å². The summed E-state index contributed by atoms with van der Waals surface area (Å²) in [5.41, 5.74) is 4.02. The molecular weight excluding hydrogens is 854 g/mol. The molecule has 2 aliphatic carbocycles. The molecule has 4 aromatic carbocycles. The fraction of sp³-hybridized carbons (Fsp3) is 0.265. The number of methoxy groups -OCH3 is 2. The fourth-order valence-electron chi connectivity index (χ4n) is 10.9. The summed E-state index contributed by atoms with van der Waals surface area (Å²) in [6.07, 6.45) is 2.38. The average molecular weight is 894 g/mol. The number of amides is 4. The molecule has 64 heavy (non-hydrogen) atoms. The maximum atomic E-state index is 15.4. The number of thiophene rings is 1. The highest BCUT2D eigenvalue weighted by atomic mass is 35.5. The number of aromatic nitrogens is 3. The first kappa shape index (κ1) is 40.0. The SMILES string of the molecule is COc1cc([C@H]2C3=CC[C@@H]4C(=O)N(c5ccc(-c6nc7ccccc7o6)cc5)C(=O)[C@@H]4[C@@H]3C[C@H]3C(=O)N(c4cc(-c5sc6ccc(Cl)cc6c5C)nn4C)C(=O)[C@@]23C)cc(OC)c1O. The molecule has 2 saturated heterocycles. The molecule has 4 amide bonds. The highest BCUT2D eigenvalue weighted by molar-refractivity contribution is 7.22. The van der Waals surface area contributed by atoms with E-state index >= 15 is 9.59 Å². The number of allylic oxidation sites excluding steroid dienone is 2. The summed E-state index contributed by atoms with van der Waals surface area (Å²) < 4.78 is 19.8. The summed E-state index contributed by atoms with van der Waals surface area (Å²) >= 11 is 7.91. The average Bonchev–Trinajstić information content (AvgIpc) is 4.08. The zero-order chi connectivity index (χ0) is 44.5. The zero-order valence-electron chi connectivity index (χ0n) is 35.3. The maximum absolute atomic E-state index is 15.4. The van der Waals surface area contributed by atoms with Crippen LogP contribution in [0.2, 0.25) is 5.02 Å². The fourth-order valence-corrected chi connectivity index (χ4v) is 12.2. The normalized spacial score (nSPS) is 24.1. The first-order chi connectivity index (χ1) is 30.8. The molecule has 0 radical (unpaired) electrons. The van der Waals surface area contributed by atoms with Gasteiger partial charge in [-0.1, -0.05) is 35.4 Å². The molecule has 6 atom stereocenters. The maximum Gasteiger partial charge on any atom is 0.242 e. The molecule has 0 bridgehead atoms. The molecule has 0 unspecified atom stereocenters. The first-order valence-corrected chi connectivity index (χ1v) is 22.1. The summed E-state index contributed by atoms with van der Waals surface area (Å²) in [7, 11) is 4.56. The first-order valence-electron chi connectivity index (χ1n) is 20.9. The number of halogens is 1. The smallest absolute Gasteiger partial charge is 0.242 e. The Balaban J connectivity index is 0.989. The number of oxazole rings is 1. The van der Waals surface area contributed by atoms with Crippen molar-refractivity contribution < 1.29 is 38.2 Å². The number of imide groups is 2. The van der Waals surface area contributed by atoms with Crippen LogP contribution in [0.5, 0.6) is 17.2 Å². The molecular formula is C49H40ClN5O8S. The van der Waals surface area contributed by atoms with Crippen molar-refractivity contribution in [1.29, 1.82) is 0 Å². The summed E-state index contributed by atoms with van der Waals surface area (Å²) in [5.74, 6) is -4.55. The molecule has 0 spiro atoms. The van der Waals surface area contributed by atoms with Gasteiger partial charge in [-0.2, -0.15) is 5.10 Å². The van der Waals surface area contributed by atoms with Gasteiger partial charge in [0.05, 0.1) is 48.0 Å². The minimum Gasteiger partial charge on any atom is -0.502 e. The Morgan fingerprint density at radius 3 is 2.34 bits per heavy atom. The highest BCUT2D eigenvalue weighted by Gasteiger charge is 2.68. The van der Waals surface area contributed by atoms with Crippen LogP contribution in [0.15, 0.2) is 101 Å². The van der Waals surface area contributed by atoms with Gasteiger partial charge in [-0.25, -0.2) is 9.88 Å². The molecule has 13 nitrogen and oxygen atoms in total. The van der Waals surface area contributed by atoms with E-state index in [4.69, 9.17) is 30.6 Å². The van der Waals surface area contributed by atoms with Gasteiger partial charge in [0, 0.05) is 34.3 Å². The van der Waals surface area contributed by atoms with E-state index in [1.165, 1.54) is 24.0 Å². The van der Waals surface area contributed by atoms with Crippen LogP contribution < -0.4 is 19.3 Å². The molecule has 5 heterocycles. The van der Waals surface area contributed by atoms with Crippen LogP contribution in [0.25, 0.3) is 43.2 Å². The van der Waals surface area contributed by atoms with Crippen molar-refractivity contribution in [1.82, 2.24) is 14.8 Å². The van der Waals surface area contributed by atoms with Crippen LogP contribution in [0, 0.1) is 36.0 Å². The van der Waals surface area contributed by atoms with Crippen LogP contribution in [0.3, 0.4) is 0 Å². The minimum absolute atomic E-state index is 0.121. The van der Waals surface area contributed by atoms with Gasteiger partial charge in [-0.05, 0) is 116 Å². The van der Waals surface area contributed by atoms with Crippen molar-refractivity contribution in [3.05, 3.63) is 113 Å². The number of anilines is 2. The monoisotopic (exact) mass is 893 g/mol. The summed E-state index contributed by atoms with van der Waals surface area (Å²) in [6.45, 7) is 3.81. The van der Waals surface area contributed by atoms with E-state index in [1.807, 2.05) is 55.5 Å². The summed E-state index contributed by atoms with van der Waals surface area (Å²) in [6, 6.07) is 25.3. The van der Waals surface area contributed by atoms with Gasteiger partial charge in [0.25, 0.3) is 0 Å². The topological polar surface area (TPSA) is 157 Å². The number of carbonyl (C=O) groups excluding carboxylic acids is 4. The Hall–Kier alpha value is -6.77. The van der Waals surface area contributed by atoms with E-state index in [0.717, 1.165) is 26.1 Å². The highest BCUT2D eigenvalue weighted by Crippen LogP contribution is 2.64. The second kappa shape index (κ2) is 14.4. The zero-order valence-corrected chi connectivity index (χ0v) is 36.9. The lowest BCUT2D eigenvalue weighted by molar-refractivity contribution is -0.131. The van der Waals surface area contributed by atoms with Gasteiger partial charge >= 0.3 is 0 Å². The van der Waals surface area contributed by atoms with Gasteiger partial charge < -0.3 is 19.0 Å². The molecule has 4 aliphatic rings. The van der Waals surface area contributed by atoms with Crippen molar-refractivity contribution in [3.8, 4) is 39.3 Å². The third-order valence-electron chi connectivity index (χ3n) is 14.0. The predicted molar refractivity (Wildman–Crippen MR) is 242 cm³/mol. The Bertz CT molecular complexity index is 3150. The number of ether oxygens (including phenoxy) is 2. The lowest BCUT2D eigenvalue weighted by Gasteiger charge is -2.49. The quantitative estimate of drug-likeness (QED) is 0.121. The van der Waals surface area contributed by atoms with Gasteiger partial charge in [0.15, 0.2) is 17.1 Å². The minimum atomic E-state index is -1.38.